The molecule has 0 unspecified atom stereocenters. The molecule has 5 nitrogen and oxygen atoms in total. The van der Waals surface area contributed by atoms with Crippen LogP contribution in [-0.2, 0) is 9.63 Å². The third-order valence-corrected chi connectivity index (χ3v) is 3.15. The number of halogens is 1. The number of carbonyl (C=O) groups is 1. The van der Waals surface area contributed by atoms with Crippen LogP contribution in [0.15, 0.2) is 58.2 Å². The van der Waals surface area contributed by atoms with Gasteiger partial charge in [-0.1, -0.05) is 51.4 Å². The van der Waals surface area contributed by atoms with Gasteiger partial charge in [-0.05, 0) is 18.2 Å². The smallest absolute Gasteiger partial charge is 0.344 e. The van der Waals surface area contributed by atoms with Crippen LogP contribution in [0.5, 0.6) is 0 Å². The zero-order valence-electron chi connectivity index (χ0n) is 11.0. The van der Waals surface area contributed by atoms with E-state index in [-0.39, 0.29) is 0 Å². The van der Waals surface area contributed by atoms with Crippen molar-refractivity contribution >= 4 is 33.3 Å². The largest absolute Gasteiger partial charge is 0.479 e. The molecule has 0 saturated carbocycles. The molecule has 0 atom stereocenters. The fraction of sp³-hybridized carbons (Fsp3) is 0.0667. The molecule has 2 aromatic carbocycles. The average molecular weight is 349 g/mol. The summed E-state index contributed by atoms with van der Waals surface area (Å²) in [7, 11) is 0. The van der Waals surface area contributed by atoms with Gasteiger partial charge in [-0.2, -0.15) is 0 Å². The normalized spacial score (nSPS) is 11.2. The van der Waals surface area contributed by atoms with Gasteiger partial charge in [0.25, 0.3) is 0 Å². The third kappa shape index (κ3) is 4.06. The number of oxime groups is 1. The number of aliphatic carboxylic acids is 1. The molecule has 0 radical (unpaired) electrons. The maximum absolute atomic E-state index is 10.5. The van der Waals surface area contributed by atoms with E-state index < -0.39 is 12.6 Å². The van der Waals surface area contributed by atoms with Gasteiger partial charge < -0.3 is 15.7 Å². The fourth-order valence-electron chi connectivity index (χ4n) is 1.74. The average Bonchev–Trinajstić information content (AvgIpc) is 2.47. The summed E-state index contributed by atoms with van der Waals surface area (Å²) in [6, 6.07) is 14.7. The Bertz CT molecular complexity index is 672. The molecule has 0 aliphatic carbocycles. The SMILES string of the molecule is Nc1ccc(Br)cc1/C(=N/OCC(=O)O)c1ccccc1. The molecular weight excluding hydrogens is 336 g/mol. The van der Waals surface area contributed by atoms with E-state index in [1.165, 1.54) is 0 Å². The van der Waals surface area contributed by atoms with E-state index in [2.05, 4.69) is 21.1 Å². The first-order chi connectivity index (χ1) is 10.1. The number of anilines is 1. The highest BCUT2D eigenvalue weighted by molar-refractivity contribution is 9.10. The fourth-order valence-corrected chi connectivity index (χ4v) is 2.10. The minimum atomic E-state index is -1.09. The predicted octanol–water partition coefficient (Wildman–Crippen LogP) is 2.88. The molecule has 2 rings (SSSR count). The molecule has 21 heavy (non-hydrogen) atoms. The Labute approximate surface area is 130 Å². The summed E-state index contributed by atoms with van der Waals surface area (Å²) >= 11 is 3.38. The van der Waals surface area contributed by atoms with Gasteiger partial charge >= 0.3 is 5.97 Å². The maximum Gasteiger partial charge on any atom is 0.344 e. The summed E-state index contributed by atoms with van der Waals surface area (Å²) in [5.74, 6) is -1.09. The number of rotatable bonds is 5. The monoisotopic (exact) mass is 348 g/mol. The molecule has 0 amide bonds. The van der Waals surface area contributed by atoms with E-state index >= 15 is 0 Å². The first-order valence-corrected chi connectivity index (χ1v) is 6.90. The zero-order valence-corrected chi connectivity index (χ0v) is 12.6. The van der Waals surface area contributed by atoms with Gasteiger partial charge in [0.15, 0.2) is 0 Å². The molecule has 0 aromatic heterocycles. The molecule has 0 fully saturated rings. The second kappa shape index (κ2) is 6.90. The number of nitrogen functional groups attached to an aromatic ring is 1. The first kappa shape index (κ1) is 15.1. The molecule has 2 aromatic rings. The van der Waals surface area contributed by atoms with Crippen molar-refractivity contribution in [1.82, 2.24) is 0 Å². The lowest BCUT2D eigenvalue weighted by molar-refractivity contribution is -0.142. The Morgan fingerprint density at radius 3 is 2.62 bits per heavy atom. The van der Waals surface area contributed by atoms with E-state index in [0.29, 0.717) is 17.0 Å². The second-order valence-electron chi connectivity index (χ2n) is 4.20. The van der Waals surface area contributed by atoms with Gasteiger partial charge in [0.1, 0.15) is 5.71 Å². The summed E-state index contributed by atoms with van der Waals surface area (Å²) < 4.78 is 0.841. The van der Waals surface area contributed by atoms with Crippen molar-refractivity contribution in [2.24, 2.45) is 5.16 Å². The number of carboxylic acids is 1. The number of benzene rings is 2. The Morgan fingerprint density at radius 2 is 1.95 bits per heavy atom. The van der Waals surface area contributed by atoms with Crippen LogP contribution in [0.1, 0.15) is 11.1 Å². The summed E-state index contributed by atoms with van der Waals surface area (Å²) in [4.78, 5) is 15.4. The van der Waals surface area contributed by atoms with Crippen molar-refractivity contribution in [3.05, 3.63) is 64.1 Å². The number of carboxylic acid groups (broad SMARTS) is 1. The quantitative estimate of drug-likeness (QED) is 0.494. The van der Waals surface area contributed by atoms with E-state index in [0.717, 1.165) is 10.0 Å². The molecule has 6 heteroatoms. The number of hydrogen-bond donors (Lipinski definition) is 2. The van der Waals surface area contributed by atoms with Crippen LogP contribution in [0.3, 0.4) is 0 Å². The lowest BCUT2D eigenvalue weighted by Crippen LogP contribution is -2.10. The highest BCUT2D eigenvalue weighted by atomic mass is 79.9. The van der Waals surface area contributed by atoms with Crippen molar-refractivity contribution in [3.63, 3.8) is 0 Å². The Kier molecular flexibility index (Phi) is 4.94. The van der Waals surface area contributed by atoms with Crippen molar-refractivity contribution in [2.75, 3.05) is 12.3 Å². The molecule has 0 bridgehead atoms. The van der Waals surface area contributed by atoms with E-state index in [1.54, 1.807) is 6.07 Å². The molecule has 0 spiro atoms. The van der Waals surface area contributed by atoms with Gasteiger partial charge in [-0.25, -0.2) is 4.79 Å². The summed E-state index contributed by atoms with van der Waals surface area (Å²) in [6.07, 6.45) is 0. The predicted molar refractivity (Wildman–Crippen MR) is 84.2 cm³/mol. The molecular formula is C15H13BrN2O3. The van der Waals surface area contributed by atoms with Gasteiger partial charge in [0.2, 0.25) is 6.61 Å². The number of hydrogen-bond acceptors (Lipinski definition) is 4. The zero-order chi connectivity index (χ0) is 15.2. The van der Waals surface area contributed by atoms with Crippen LogP contribution < -0.4 is 5.73 Å². The number of nitrogens with two attached hydrogens (primary N) is 1. The Hall–Kier alpha value is -2.34. The highest BCUT2D eigenvalue weighted by Gasteiger charge is 2.12. The Morgan fingerprint density at radius 1 is 1.24 bits per heavy atom. The van der Waals surface area contributed by atoms with Crippen LogP contribution in [-0.4, -0.2) is 23.4 Å². The lowest BCUT2D eigenvalue weighted by atomic mass is 10.0. The van der Waals surface area contributed by atoms with Crippen molar-refractivity contribution in [3.8, 4) is 0 Å². The minimum absolute atomic E-state index is 0.482. The van der Waals surface area contributed by atoms with Crippen LogP contribution in [0, 0.1) is 0 Å². The van der Waals surface area contributed by atoms with Crippen LogP contribution in [0.4, 0.5) is 5.69 Å². The summed E-state index contributed by atoms with van der Waals surface area (Å²) in [5.41, 5.74) is 8.45. The van der Waals surface area contributed by atoms with Crippen LogP contribution in [0.2, 0.25) is 0 Å². The topological polar surface area (TPSA) is 84.9 Å². The van der Waals surface area contributed by atoms with Gasteiger partial charge in [0, 0.05) is 21.3 Å². The van der Waals surface area contributed by atoms with Gasteiger partial charge in [-0.15, -0.1) is 0 Å². The number of nitrogens with zero attached hydrogens (tertiary/aromatic N) is 1. The first-order valence-electron chi connectivity index (χ1n) is 6.10. The highest BCUT2D eigenvalue weighted by Crippen LogP contribution is 2.22. The van der Waals surface area contributed by atoms with Gasteiger partial charge in [0.05, 0.1) is 0 Å². The molecule has 0 aliphatic heterocycles. The second-order valence-corrected chi connectivity index (χ2v) is 5.12. The minimum Gasteiger partial charge on any atom is -0.479 e. The third-order valence-electron chi connectivity index (χ3n) is 2.66. The molecule has 0 heterocycles. The molecule has 0 saturated heterocycles. The Balaban J connectivity index is 2.45. The standard InChI is InChI=1S/C15H13BrN2O3/c16-11-6-7-13(17)12(8-11)15(18-21-9-14(19)20)10-4-2-1-3-5-10/h1-8H,9,17H2,(H,19,20)/b18-15+. The maximum atomic E-state index is 10.5. The van der Waals surface area contributed by atoms with Crippen molar-refractivity contribution in [2.45, 2.75) is 0 Å². The van der Waals surface area contributed by atoms with Crippen LogP contribution >= 0.6 is 15.9 Å². The van der Waals surface area contributed by atoms with Crippen molar-refractivity contribution in [1.29, 1.82) is 0 Å². The van der Waals surface area contributed by atoms with Crippen LogP contribution in [0.25, 0.3) is 0 Å². The summed E-state index contributed by atoms with van der Waals surface area (Å²) in [5, 5.41) is 12.6. The molecule has 0 aliphatic rings. The van der Waals surface area contributed by atoms with Gasteiger partial charge in [-0.3, -0.25) is 0 Å². The van der Waals surface area contributed by atoms with E-state index in [4.69, 9.17) is 15.7 Å². The lowest BCUT2D eigenvalue weighted by Gasteiger charge is -2.10. The molecule has 3 N–H and O–H groups in total. The van der Waals surface area contributed by atoms with Crippen molar-refractivity contribution < 1.29 is 14.7 Å². The molecule has 108 valence electrons. The van der Waals surface area contributed by atoms with E-state index in [9.17, 15) is 4.79 Å². The van der Waals surface area contributed by atoms with E-state index in [1.807, 2.05) is 42.5 Å². The summed E-state index contributed by atoms with van der Waals surface area (Å²) in [6.45, 7) is -0.510.